The monoisotopic (exact) mass is 380 g/mol. The number of ether oxygens (including phenoxy) is 2. The van der Waals surface area contributed by atoms with Crippen LogP contribution in [0.15, 0.2) is 53.9 Å². The molecule has 1 aliphatic heterocycles. The predicted octanol–water partition coefficient (Wildman–Crippen LogP) is 4.24. The molecule has 3 aromatic rings. The Labute approximate surface area is 162 Å². The van der Waals surface area contributed by atoms with Gasteiger partial charge in [-0.3, -0.25) is 4.79 Å². The summed E-state index contributed by atoms with van der Waals surface area (Å²) in [7, 11) is 0. The third-order valence-electron chi connectivity index (χ3n) is 4.42. The average Bonchev–Trinajstić information content (AvgIpc) is 3.22. The van der Waals surface area contributed by atoms with Gasteiger partial charge in [0.1, 0.15) is 23.9 Å². The van der Waals surface area contributed by atoms with Gasteiger partial charge in [0.25, 0.3) is 5.91 Å². The van der Waals surface area contributed by atoms with Crippen molar-refractivity contribution in [1.29, 1.82) is 0 Å². The molecule has 2 aromatic carbocycles. The molecule has 1 amide bonds. The van der Waals surface area contributed by atoms with E-state index in [0.717, 1.165) is 27.6 Å². The highest BCUT2D eigenvalue weighted by Gasteiger charge is 2.22. The second kappa shape index (κ2) is 7.80. The normalized spacial score (nSPS) is 12.6. The van der Waals surface area contributed by atoms with Crippen LogP contribution in [0.4, 0.5) is 0 Å². The van der Waals surface area contributed by atoms with E-state index < -0.39 is 0 Å². The van der Waals surface area contributed by atoms with Gasteiger partial charge < -0.3 is 14.4 Å². The number of amides is 1. The van der Waals surface area contributed by atoms with Crippen LogP contribution in [-0.4, -0.2) is 35.5 Å². The molecule has 0 spiro atoms. The van der Waals surface area contributed by atoms with E-state index in [4.69, 9.17) is 9.47 Å². The van der Waals surface area contributed by atoms with E-state index in [1.54, 1.807) is 4.90 Å². The molecular weight excluding hydrogens is 360 g/mol. The third kappa shape index (κ3) is 3.66. The second-order valence-electron chi connectivity index (χ2n) is 6.16. The fourth-order valence-corrected chi connectivity index (χ4v) is 3.84. The van der Waals surface area contributed by atoms with Gasteiger partial charge in [-0.25, -0.2) is 4.98 Å². The van der Waals surface area contributed by atoms with Gasteiger partial charge in [-0.1, -0.05) is 42.5 Å². The fourth-order valence-electron chi connectivity index (χ4n) is 3.04. The Kier molecular flexibility index (Phi) is 5.07. The van der Waals surface area contributed by atoms with Gasteiger partial charge in [-0.2, -0.15) is 0 Å². The first-order chi connectivity index (χ1) is 13.3. The van der Waals surface area contributed by atoms with Gasteiger partial charge in [0.05, 0.1) is 0 Å². The number of fused-ring (bicyclic) bond motifs is 1. The summed E-state index contributed by atoms with van der Waals surface area (Å²) in [5.41, 5.74) is 2.44. The molecule has 0 saturated heterocycles. The maximum atomic E-state index is 13.0. The molecule has 0 atom stereocenters. The van der Waals surface area contributed by atoms with Crippen molar-refractivity contribution in [3.63, 3.8) is 0 Å². The molecule has 1 aliphatic rings. The third-order valence-corrected chi connectivity index (χ3v) is 5.31. The number of nitrogens with zero attached hydrogens (tertiary/aromatic N) is 2. The highest BCUT2D eigenvalue weighted by atomic mass is 32.1. The quantitative estimate of drug-likeness (QED) is 0.664. The lowest BCUT2D eigenvalue weighted by Crippen LogP contribution is -2.31. The van der Waals surface area contributed by atoms with Gasteiger partial charge in [-0.15, -0.1) is 11.3 Å². The van der Waals surface area contributed by atoms with Crippen molar-refractivity contribution >= 4 is 17.2 Å². The minimum Gasteiger partial charge on any atom is -0.486 e. The second-order valence-corrected chi connectivity index (χ2v) is 7.02. The first-order valence-electron chi connectivity index (χ1n) is 8.94. The van der Waals surface area contributed by atoms with Crippen LogP contribution in [0.1, 0.15) is 23.0 Å². The Morgan fingerprint density at radius 2 is 1.93 bits per heavy atom. The van der Waals surface area contributed by atoms with Gasteiger partial charge in [0, 0.05) is 29.6 Å². The van der Waals surface area contributed by atoms with Crippen LogP contribution in [0, 0.1) is 0 Å². The van der Waals surface area contributed by atoms with Crippen molar-refractivity contribution in [2.75, 3.05) is 19.8 Å². The zero-order valence-electron chi connectivity index (χ0n) is 15.1. The van der Waals surface area contributed by atoms with E-state index in [0.29, 0.717) is 32.0 Å². The zero-order valence-corrected chi connectivity index (χ0v) is 15.9. The van der Waals surface area contributed by atoms with Crippen LogP contribution in [0.3, 0.4) is 0 Å². The van der Waals surface area contributed by atoms with Crippen molar-refractivity contribution in [1.82, 2.24) is 9.88 Å². The first kappa shape index (κ1) is 17.5. The molecule has 6 heteroatoms. The lowest BCUT2D eigenvalue weighted by molar-refractivity contribution is 0.0744. The van der Waals surface area contributed by atoms with E-state index in [-0.39, 0.29) is 5.91 Å². The first-order valence-corrected chi connectivity index (χ1v) is 9.82. The van der Waals surface area contributed by atoms with Crippen molar-refractivity contribution < 1.29 is 14.3 Å². The summed E-state index contributed by atoms with van der Waals surface area (Å²) in [6.07, 6.45) is 0. The maximum Gasteiger partial charge on any atom is 0.273 e. The summed E-state index contributed by atoms with van der Waals surface area (Å²) in [5.74, 6) is 1.39. The topological polar surface area (TPSA) is 51.7 Å². The standard InChI is InChI=1S/C21H20N2O3S/c1-2-23(13-16-9-6-10-18-19(16)26-12-11-25-18)21(24)17-14-27-20(22-17)15-7-4-3-5-8-15/h3-10,14H,2,11-13H2,1H3. The molecule has 0 radical (unpaired) electrons. The van der Waals surface area contributed by atoms with Crippen molar-refractivity contribution in [3.05, 3.63) is 65.2 Å². The molecule has 138 valence electrons. The van der Waals surface area contributed by atoms with Crippen LogP contribution in [0.2, 0.25) is 0 Å². The molecule has 2 heterocycles. The number of para-hydroxylation sites is 1. The Bertz CT molecular complexity index is 940. The van der Waals surface area contributed by atoms with Crippen LogP contribution in [0.25, 0.3) is 10.6 Å². The molecule has 4 rings (SSSR count). The van der Waals surface area contributed by atoms with E-state index in [9.17, 15) is 4.79 Å². The van der Waals surface area contributed by atoms with Crippen LogP contribution in [-0.2, 0) is 6.54 Å². The number of benzene rings is 2. The summed E-state index contributed by atoms with van der Waals surface area (Å²) < 4.78 is 11.4. The number of aromatic nitrogens is 1. The van der Waals surface area contributed by atoms with Gasteiger partial charge in [0.2, 0.25) is 0 Å². The van der Waals surface area contributed by atoms with Crippen LogP contribution in [0.5, 0.6) is 11.5 Å². The molecule has 0 N–H and O–H groups in total. The fraction of sp³-hybridized carbons (Fsp3) is 0.238. The lowest BCUT2D eigenvalue weighted by atomic mass is 10.1. The average molecular weight is 380 g/mol. The number of carbonyl (C=O) groups is 1. The Morgan fingerprint density at radius 1 is 1.11 bits per heavy atom. The molecule has 0 unspecified atom stereocenters. The molecule has 1 aromatic heterocycles. The van der Waals surface area contributed by atoms with Gasteiger partial charge in [-0.05, 0) is 13.0 Å². The molecule has 0 saturated carbocycles. The molecular formula is C21H20N2O3S. The van der Waals surface area contributed by atoms with Gasteiger partial charge in [0.15, 0.2) is 11.5 Å². The number of carbonyl (C=O) groups excluding carboxylic acids is 1. The highest BCUT2D eigenvalue weighted by Crippen LogP contribution is 2.34. The van der Waals surface area contributed by atoms with Crippen LogP contribution >= 0.6 is 11.3 Å². The number of hydrogen-bond donors (Lipinski definition) is 0. The summed E-state index contributed by atoms with van der Waals surface area (Å²) in [6, 6.07) is 15.7. The summed E-state index contributed by atoms with van der Waals surface area (Å²) in [4.78, 5) is 19.3. The Morgan fingerprint density at radius 3 is 2.74 bits per heavy atom. The smallest absolute Gasteiger partial charge is 0.273 e. The molecule has 0 fully saturated rings. The minimum atomic E-state index is -0.0785. The van der Waals surface area contributed by atoms with E-state index in [1.165, 1.54) is 11.3 Å². The number of thiazole rings is 1. The van der Waals surface area contributed by atoms with Crippen molar-refractivity contribution in [2.45, 2.75) is 13.5 Å². The Balaban J connectivity index is 1.55. The van der Waals surface area contributed by atoms with E-state index >= 15 is 0 Å². The summed E-state index contributed by atoms with van der Waals surface area (Å²) in [5, 5.41) is 2.68. The molecule has 0 bridgehead atoms. The van der Waals surface area contributed by atoms with Crippen LogP contribution < -0.4 is 9.47 Å². The molecule has 5 nitrogen and oxygen atoms in total. The summed E-state index contributed by atoms with van der Waals surface area (Å²) in [6.45, 7) is 4.08. The Hall–Kier alpha value is -2.86. The largest absolute Gasteiger partial charge is 0.486 e. The summed E-state index contributed by atoms with van der Waals surface area (Å²) >= 11 is 1.48. The highest BCUT2D eigenvalue weighted by molar-refractivity contribution is 7.13. The zero-order chi connectivity index (χ0) is 18.6. The SMILES string of the molecule is CCN(Cc1cccc2c1OCCO2)C(=O)c1csc(-c2ccccc2)n1. The maximum absolute atomic E-state index is 13.0. The van der Waals surface area contributed by atoms with E-state index in [1.807, 2.05) is 60.8 Å². The molecule has 0 aliphatic carbocycles. The van der Waals surface area contributed by atoms with E-state index in [2.05, 4.69) is 4.98 Å². The number of rotatable bonds is 5. The molecule has 27 heavy (non-hydrogen) atoms. The number of hydrogen-bond acceptors (Lipinski definition) is 5. The van der Waals surface area contributed by atoms with Crippen molar-refractivity contribution in [3.8, 4) is 22.1 Å². The minimum absolute atomic E-state index is 0.0785. The lowest BCUT2D eigenvalue weighted by Gasteiger charge is -2.25. The predicted molar refractivity (Wildman–Crippen MR) is 105 cm³/mol. The van der Waals surface area contributed by atoms with Crippen molar-refractivity contribution in [2.24, 2.45) is 0 Å². The van der Waals surface area contributed by atoms with Gasteiger partial charge >= 0.3 is 0 Å².